The number of halogens is 2. The lowest BCUT2D eigenvalue weighted by Crippen LogP contribution is -2.39. The van der Waals surface area contributed by atoms with Crippen LogP contribution in [0, 0.1) is 0 Å². The third kappa shape index (κ3) is 3.06. The van der Waals surface area contributed by atoms with E-state index in [1.807, 2.05) is 36.4 Å². The summed E-state index contributed by atoms with van der Waals surface area (Å²) in [4.78, 5) is 0. The highest BCUT2D eigenvalue weighted by Gasteiger charge is 2.42. The molecule has 0 unspecified atom stereocenters. The molecule has 1 aliphatic heterocycles. The molecule has 3 aromatic carbocycles. The molecular formula is C22H19Cl2NO2. The van der Waals surface area contributed by atoms with Gasteiger partial charge in [0.15, 0.2) is 6.23 Å². The third-order valence-electron chi connectivity index (χ3n) is 5.05. The summed E-state index contributed by atoms with van der Waals surface area (Å²) in [5.41, 5.74) is 2.92. The Kier molecular flexibility index (Phi) is 4.77. The van der Waals surface area contributed by atoms with Crippen LogP contribution in [0.4, 0.5) is 5.69 Å². The van der Waals surface area contributed by atoms with Crippen molar-refractivity contribution in [3.63, 3.8) is 0 Å². The van der Waals surface area contributed by atoms with Crippen LogP contribution in [0.25, 0.3) is 0 Å². The molecule has 1 aliphatic rings. The number of phenolic OH excluding ortho intramolecular Hbond substituents is 1. The number of aromatic hydroxyl groups is 1. The van der Waals surface area contributed by atoms with Crippen molar-refractivity contribution >= 4 is 28.9 Å². The zero-order valence-electron chi connectivity index (χ0n) is 14.7. The van der Waals surface area contributed by atoms with Crippen LogP contribution >= 0.6 is 23.2 Å². The second-order valence-corrected chi connectivity index (χ2v) is 7.40. The molecule has 0 radical (unpaired) electrons. The summed E-state index contributed by atoms with van der Waals surface area (Å²) in [6.45, 7) is 2.09. The maximum absolute atomic E-state index is 10.5. The molecule has 5 heteroatoms. The van der Waals surface area contributed by atoms with Gasteiger partial charge in [0.1, 0.15) is 11.4 Å². The average molecular weight is 400 g/mol. The molecule has 0 spiro atoms. The van der Waals surface area contributed by atoms with E-state index >= 15 is 0 Å². The van der Waals surface area contributed by atoms with Gasteiger partial charge in [-0.3, -0.25) is 0 Å². The Morgan fingerprint density at radius 3 is 2.48 bits per heavy atom. The minimum atomic E-state index is -0.658. The number of hydrogen-bond donors (Lipinski definition) is 2. The van der Waals surface area contributed by atoms with Gasteiger partial charge >= 0.3 is 0 Å². The Bertz CT molecular complexity index is 977. The first kappa shape index (κ1) is 18.2. The van der Waals surface area contributed by atoms with E-state index in [0.29, 0.717) is 10.6 Å². The standard InChI is InChI=1S/C22H19Cl2NO2/c1-2-22(14-8-4-3-5-9-14)17-10-6-7-11-19(17)25-21(27-22)16-12-15(23)13-18(24)20(16)26/h3-13,21,25-26H,2H2,1H3/t21-,22-/m1/s1. The topological polar surface area (TPSA) is 41.5 Å². The Hall–Kier alpha value is -2.20. The Labute approximate surface area is 168 Å². The van der Waals surface area contributed by atoms with Crippen molar-refractivity contribution in [2.24, 2.45) is 0 Å². The lowest BCUT2D eigenvalue weighted by atomic mass is 9.81. The van der Waals surface area contributed by atoms with Crippen LogP contribution in [0.3, 0.4) is 0 Å². The summed E-state index contributed by atoms with van der Waals surface area (Å²) in [5, 5.41) is 14.5. The van der Waals surface area contributed by atoms with Crippen molar-refractivity contribution in [1.82, 2.24) is 0 Å². The Balaban J connectivity index is 1.91. The van der Waals surface area contributed by atoms with Gasteiger partial charge in [-0.2, -0.15) is 0 Å². The van der Waals surface area contributed by atoms with Crippen molar-refractivity contribution in [3.8, 4) is 5.75 Å². The minimum Gasteiger partial charge on any atom is -0.506 e. The summed E-state index contributed by atoms with van der Waals surface area (Å²) in [5.74, 6) is -0.0315. The summed E-state index contributed by atoms with van der Waals surface area (Å²) in [6.07, 6.45) is 0.123. The number of anilines is 1. The molecule has 0 aromatic heterocycles. The van der Waals surface area contributed by atoms with E-state index in [-0.39, 0.29) is 10.8 Å². The van der Waals surface area contributed by atoms with Crippen molar-refractivity contribution in [3.05, 3.63) is 93.5 Å². The Morgan fingerprint density at radius 2 is 1.74 bits per heavy atom. The molecule has 27 heavy (non-hydrogen) atoms. The van der Waals surface area contributed by atoms with Gasteiger partial charge in [0.25, 0.3) is 0 Å². The first-order valence-corrected chi connectivity index (χ1v) is 9.58. The van der Waals surface area contributed by atoms with Gasteiger partial charge in [0, 0.05) is 21.8 Å². The van der Waals surface area contributed by atoms with Crippen LogP contribution in [0.15, 0.2) is 66.7 Å². The van der Waals surface area contributed by atoms with E-state index in [2.05, 4.69) is 30.4 Å². The van der Waals surface area contributed by atoms with E-state index in [4.69, 9.17) is 27.9 Å². The lowest BCUT2D eigenvalue weighted by molar-refractivity contribution is -0.0733. The number of para-hydroxylation sites is 1. The largest absolute Gasteiger partial charge is 0.506 e. The van der Waals surface area contributed by atoms with Crippen molar-refractivity contribution in [1.29, 1.82) is 0 Å². The second kappa shape index (κ2) is 7.08. The lowest BCUT2D eigenvalue weighted by Gasteiger charge is -2.43. The molecule has 0 aliphatic carbocycles. The van der Waals surface area contributed by atoms with Gasteiger partial charge < -0.3 is 15.2 Å². The first-order valence-electron chi connectivity index (χ1n) is 8.82. The molecule has 4 rings (SSSR count). The molecule has 0 saturated heterocycles. The van der Waals surface area contributed by atoms with Gasteiger partial charge in [-0.1, -0.05) is 78.7 Å². The number of phenols is 1. The van der Waals surface area contributed by atoms with Gasteiger partial charge in [-0.15, -0.1) is 0 Å². The summed E-state index contributed by atoms with van der Waals surface area (Å²) in [7, 11) is 0. The predicted molar refractivity (Wildman–Crippen MR) is 110 cm³/mol. The summed E-state index contributed by atoms with van der Waals surface area (Å²) >= 11 is 12.3. The maximum atomic E-state index is 10.5. The normalized spacial score (nSPS) is 21.4. The number of nitrogens with one attached hydrogen (secondary N) is 1. The monoisotopic (exact) mass is 399 g/mol. The third-order valence-corrected chi connectivity index (χ3v) is 5.55. The molecule has 0 saturated carbocycles. The highest BCUT2D eigenvalue weighted by atomic mass is 35.5. The van der Waals surface area contributed by atoms with Gasteiger partial charge in [0.2, 0.25) is 0 Å². The van der Waals surface area contributed by atoms with Gasteiger partial charge in [-0.05, 0) is 30.2 Å². The van der Waals surface area contributed by atoms with Crippen molar-refractivity contribution in [2.45, 2.75) is 25.2 Å². The maximum Gasteiger partial charge on any atom is 0.159 e. The fourth-order valence-electron chi connectivity index (χ4n) is 3.73. The second-order valence-electron chi connectivity index (χ2n) is 6.56. The molecule has 3 aromatic rings. The molecule has 2 atom stereocenters. The highest BCUT2D eigenvalue weighted by Crippen LogP contribution is 2.49. The smallest absolute Gasteiger partial charge is 0.159 e. The number of benzene rings is 3. The van der Waals surface area contributed by atoms with E-state index in [0.717, 1.165) is 23.2 Å². The van der Waals surface area contributed by atoms with Gasteiger partial charge in [-0.25, -0.2) is 0 Å². The van der Waals surface area contributed by atoms with Crippen LogP contribution in [0.5, 0.6) is 5.75 Å². The SMILES string of the molecule is CC[C@]1(c2ccccc2)O[C@H](c2cc(Cl)cc(Cl)c2O)Nc2ccccc21. The van der Waals surface area contributed by atoms with Crippen LogP contribution in [-0.2, 0) is 10.3 Å². The molecule has 2 N–H and O–H groups in total. The first-order chi connectivity index (χ1) is 13.0. The van der Waals surface area contributed by atoms with Crippen LogP contribution in [0.1, 0.15) is 36.3 Å². The van der Waals surface area contributed by atoms with Crippen LogP contribution in [-0.4, -0.2) is 5.11 Å². The molecule has 138 valence electrons. The predicted octanol–water partition coefficient (Wildman–Crippen LogP) is 6.49. The zero-order valence-corrected chi connectivity index (χ0v) is 16.3. The van der Waals surface area contributed by atoms with Gasteiger partial charge in [0.05, 0.1) is 5.02 Å². The number of fused-ring (bicyclic) bond motifs is 1. The quantitative estimate of drug-likeness (QED) is 0.528. The van der Waals surface area contributed by atoms with Crippen LogP contribution < -0.4 is 5.32 Å². The Morgan fingerprint density at radius 1 is 1.04 bits per heavy atom. The number of ether oxygens (including phenoxy) is 1. The molecule has 0 amide bonds. The highest BCUT2D eigenvalue weighted by molar-refractivity contribution is 6.35. The molecule has 1 heterocycles. The molecule has 3 nitrogen and oxygen atoms in total. The van der Waals surface area contributed by atoms with E-state index in [9.17, 15) is 5.11 Å². The van der Waals surface area contributed by atoms with Crippen molar-refractivity contribution in [2.75, 3.05) is 5.32 Å². The number of rotatable bonds is 3. The molecular weight excluding hydrogens is 381 g/mol. The summed E-state index contributed by atoms with van der Waals surface area (Å²) in [6, 6.07) is 21.4. The fraction of sp³-hybridized carbons (Fsp3) is 0.182. The zero-order chi connectivity index (χ0) is 19.0. The number of hydrogen-bond acceptors (Lipinski definition) is 3. The average Bonchev–Trinajstić information content (AvgIpc) is 2.70. The van der Waals surface area contributed by atoms with Crippen LogP contribution in [0.2, 0.25) is 10.0 Å². The van der Waals surface area contributed by atoms with Crippen molar-refractivity contribution < 1.29 is 9.84 Å². The van der Waals surface area contributed by atoms with E-state index in [1.54, 1.807) is 6.07 Å². The molecule has 0 fully saturated rings. The molecule has 0 bridgehead atoms. The fourth-order valence-corrected chi connectivity index (χ4v) is 4.24. The summed E-state index contributed by atoms with van der Waals surface area (Å²) < 4.78 is 6.62. The van der Waals surface area contributed by atoms with E-state index in [1.165, 1.54) is 6.07 Å². The van der Waals surface area contributed by atoms with E-state index < -0.39 is 11.8 Å². The minimum absolute atomic E-state index is 0.0315.